The van der Waals surface area contributed by atoms with E-state index in [1.54, 1.807) is 6.92 Å². The van der Waals surface area contributed by atoms with Crippen molar-refractivity contribution in [3.05, 3.63) is 35.4 Å². The number of hydrogen-bond donors (Lipinski definition) is 2. The molecule has 1 rings (SSSR count). The minimum Gasteiger partial charge on any atom is -0.352 e. The lowest BCUT2D eigenvalue weighted by Gasteiger charge is -2.10. The van der Waals surface area contributed by atoms with Crippen molar-refractivity contribution in [1.29, 1.82) is 0 Å². The fourth-order valence-corrected chi connectivity index (χ4v) is 1.45. The molecule has 0 saturated heterocycles. The van der Waals surface area contributed by atoms with Crippen molar-refractivity contribution in [2.45, 2.75) is 25.8 Å². The molecule has 1 amide bonds. The van der Waals surface area contributed by atoms with Gasteiger partial charge < -0.3 is 11.1 Å². The van der Waals surface area contributed by atoms with Gasteiger partial charge in [0, 0.05) is 31.0 Å². The maximum atomic E-state index is 12.9. The Morgan fingerprint density at radius 2 is 1.95 bits per heavy atom. The topological polar surface area (TPSA) is 72.2 Å². The predicted octanol–water partition coefficient (Wildman–Crippen LogP) is 1.39. The second kappa shape index (κ2) is 6.94. The van der Waals surface area contributed by atoms with Crippen molar-refractivity contribution in [3.63, 3.8) is 0 Å². The highest BCUT2D eigenvalue weighted by molar-refractivity contribution is 5.97. The number of rotatable bonds is 6. The molecule has 0 saturated carbocycles. The molecule has 4 nitrogen and oxygen atoms in total. The van der Waals surface area contributed by atoms with Gasteiger partial charge in [-0.25, -0.2) is 8.78 Å². The van der Waals surface area contributed by atoms with Crippen molar-refractivity contribution >= 4 is 11.7 Å². The van der Waals surface area contributed by atoms with Crippen LogP contribution in [0.25, 0.3) is 0 Å². The third-order valence-corrected chi connectivity index (χ3v) is 2.58. The van der Waals surface area contributed by atoms with Gasteiger partial charge in [0.15, 0.2) is 17.4 Å². The standard InChI is InChI=1S/C13H16F2N2O2/c1-8(7-16)17-13(19)5-4-12(18)9-2-3-10(14)11(15)6-9/h2-3,6,8H,4-5,7,16H2,1H3,(H,17,19)/t8-/m0/s1. The number of carbonyl (C=O) groups is 2. The second-order valence-corrected chi connectivity index (χ2v) is 4.26. The van der Waals surface area contributed by atoms with E-state index in [0.717, 1.165) is 12.1 Å². The molecule has 0 heterocycles. The van der Waals surface area contributed by atoms with E-state index in [-0.39, 0.29) is 30.4 Å². The predicted molar refractivity (Wildman–Crippen MR) is 66.6 cm³/mol. The SMILES string of the molecule is C[C@@H](CN)NC(=O)CCC(=O)c1ccc(F)c(F)c1. The van der Waals surface area contributed by atoms with Gasteiger partial charge in [0.05, 0.1) is 0 Å². The molecule has 0 unspecified atom stereocenters. The van der Waals surface area contributed by atoms with Crippen LogP contribution < -0.4 is 11.1 Å². The van der Waals surface area contributed by atoms with Gasteiger partial charge in [-0.3, -0.25) is 9.59 Å². The molecule has 3 N–H and O–H groups in total. The van der Waals surface area contributed by atoms with Gasteiger partial charge in [-0.1, -0.05) is 0 Å². The van der Waals surface area contributed by atoms with E-state index >= 15 is 0 Å². The van der Waals surface area contributed by atoms with Crippen LogP contribution in [0.2, 0.25) is 0 Å². The molecule has 0 aliphatic heterocycles. The number of ketones is 1. The summed E-state index contributed by atoms with van der Waals surface area (Å²) in [5, 5.41) is 2.61. The first-order valence-electron chi connectivity index (χ1n) is 5.91. The van der Waals surface area contributed by atoms with E-state index in [1.165, 1.54) is 6.07 Å². The van der Waals surface area contributed by atoms with Gasteiger partial charge in [-0.15, -0.1) is 0 Å². The Morgan fingerprint density at radius 1 is 1.26 bits per heavy atom. The van der Waals surface area contributed by atoms with Crippen LogP contribution in [0.5, 0.6) is 0 Å². The number of halogens is 2. The normalized spacial score (nSPS) is 12.0. The molecule has 0 radical (unpaired) electrons. The Kier molecular flexibility index (Phi) is 5.57. The molecule has 0 spiro atoms. The summed E-state index contributed by atoms with van der Waals surface area (Å²) in [6.45, 7) is 2.05. The second-order valence-electron chi connectivity index (χ2n) is 4.26. The van der Waals surface area contributed by atoms with Crippen LogP contribution in [0.3, 0.4) is 0 Å². The van der Waals surface area contributed by atoms with Crippen molar-refractivity contribution < 1.29 is 18.4 Å². The molecule has 6 heteroatoms. The molecule has 1 aromatic rings. The maximum absolute atomic E-state index is 12.9. The third-order valence-electron chi connectivity index (χ3n) is 2.58. The molecule has 1 atom stereocenters. The highest BCUT2D eigenvalue weighted by Gasteiger charge is 2.12. The minimum absolute atomic E-state index is 0.0117. The summed E-state index contributed by atoms with van der Waals surface area (Å²) >= 11 is 0. The Balaban J connectivity index is 2.51. The Bertz CT molecular complexity index is 478. The molecule has 0 bridgehead atoms. The lowest BCUT2D eigenvalue weighted by molar-refractivity contribution is -0.121. The summed E-state index contributed by atoms with van der Waals surface area (Å²) in [7, 11) is 0. The lowest BCUT2D eigenvalue weighted by Crippen LogP contribution is -2.37. The van der Waals surface area contributed by atoms with Crippen LogP contribution in [0.15, 0.2) is 18.2 Å². The van der Waals surface area contributed by atoms with Crippen LogP contribution in [-0.4, -0.2) is 24.3 Å². The fraction of sp³-hybridized carbons (Fsp3) is 0.385. The highest BCUT2D eigenvalue weighted by Crippen LogP contribution is 2.11. The number of nitrogens with two attached hydrogens (primary N) is 1. The average molecular weight is 270 g/mol. The van der Waals surface area contributed by atoms with Crippen molar-refractivity contribution in [2.75, 3.05) is 6.54 Å². The van der Waals surface area contributed by atoms with Gasteiger partial charge in [-0.2, -0.15) is 0 Å². The number of benzene rings is 1. The van der Waals surface area contributed by atoms with Crippen LogP contribution in [-0.2, 0) is 4.79 Å². The van der Waals surface area contributed by atoms with E-state index < -0.39 is 17.4 Å². The molecule has 104 valence electrons. The quantitative estimate of drug-likeness (QED) is 0.767. The van der Waals surface area contributed by atoms with Gasteiger partial charge >= 0.3 is 0 Å². The zero-order valence-electron chi connectivity index (χ0n) is 10.6. The van der Waals surface area contributed by atoms with E-state index in [9.17, 15) is 18.4 Å². The van der Waals surface area contributed by atoms with Crippen molar-refractivity contribution in [3.8, 4) is 0 Å². The molecular weight excluding hydrogens is 254 g/mol. The van der Waals surface area contributed by atoms with E-state index in [0.29, 0.717) is 6.54 Å². The molecule has 19 heavy (non-hydrogen) atoms. The van der Waals surface area contributed by atoms with E-state index in [2.05, 4.69) is 5.32 Å². The summed E-state index contributed by atoms with van der Waals surface area (Å²) in [5.41, 5.74) is 5.39. The monoisotopic (exact) mass is 270 g/mol. The van der Waals surface area contributed by atoms with Crippen LogP contribution >= 0.6 is 0 Å². The van der Waals surface area contributed by atoms with Crippen LogP contribution in [0, 0.1) is 11.6 Å². The highest BCUT2D eigenvalue weighted by atomic mass is 19.2. The molecule has 0 aliphatic carbocycles. The summed E-state index contributed by atoms with van der Waals surface area (Å²) < 4.78 is 25.6. The van der Waals surface area contributed by atoms with Gasteiger partial charge in [0.1, 0.15) is 0 Å². The molecule has 0 aliphatic rings. The van der Waals surface area contributed by atoms with Crippen molar-refractivity contribution in [1.82, 2.24) is 5.32 Å². The number of carbonyl (C=O) groups excluding carboxylic acids is 2. The third kappa shape index (κ3) is 4.75. The fourth-order valence-electron chi connectivity index (χ4n) is 1.45. The number of Topliss-reactive ketones (excluding diaryl/α,β-unsaturated/α-hetero) is 1. The molecular formula is C13H16F2N2O2. The molecule has 0 fully saturated rings. The van der Waals surface area contributed by atoms with Gasteiger partial charge in [0.2, 0.25) is 5.91 Å². The Labute approximate surface area is 110 Å². The zero-order valence-corrected chi connectivity index (χ0v) is 10.6. The number of nitrogens with one attached hydrogen (secondary N) is 1. The molecule has 1 aromatic carbocycles. The Morgan fingerprint density at radius 3 is 2.53 bits per heavy atom. The average Bonchev–Trinajstić information content (AvgIpc) is 2.39. The van der Waals surface area contributed by atoms with Crippen molar-refractivity contribution in [2.24, 2.45) is 5.73 Å². The largest absolute Gasteiger partial charge is 0.352 e. The summed E-state index contributed by atoms with van der Waals surface area (Å²) in [5.74, 6) is -2.79. The number of amides is 1. The summed E-state index contributed by atoms with van der Waals surface area (Å²) in [6, 6.07) is 2.75. The number of hydrogen-bond acceptors (Lipinski definition) is 3. The summed E-state index contributed by atoms with van der Waals surface area (Å²) in [6.07, 6.45) is -0.0730. The first-order valence-corrected chi connectivity index (χ1v) is 5.91. The maximum Gasteiger partial charge on any atom is 0.220 e. The lowest BCUT2D eigenvalue weighted by atomic mass is 10.1. The van der Waals surface area contributed by atoms with Gasteiger partial charge in [-0.05, 0) is 25.1 Å². The van der Waals surface area contributed by atoms with Crippen LogP contribution in [0.1, 0.15) is 30.1 Å². The smallest absolute Gasteiger partial charge is 0.220 e. The van der Waals surface area contributed by atoms with E-state index in [4.69, 9.17) is 5.73 Å². The zero-order chi connectivity index (χ0) is 14.4. The molecule has 0 aromatic heterocycles. The first kappa shape index (κ1) is 15.2. The van der Waals surface area contributed by atoms with Gasteiger partial charge in [0.25, 0.3) is 0 Å². The Hall–Kier alpha value is -1.82. The first-order chi connectivity index (χ1) is 8.93. The van der Waals surface area contributed by atoms with E-state index in [1.807, 2.05) is 0 Å². The summed E-state index contributed by atoms with van der Waals surface area (Å²) in [4.78, 5) is 23.1. The van der Waals surface area contributed by atoms with Crippen LogP contribution in [0.4, 0.5) is 8.78 Å². The minimum atomic E-state index is -1.08.